The van der Waals surface area contributed by atoms with Crippen molar-refractivity contribution in [2.45, 2.75) is 0 Å². The molecule has 0 unspecified atom stereocenters. The molecule has 0 heterocycles. The molecule has 0 atom stereocenters. The average molecular weight is 108 g/mol. The van der Waals surface area contributed by atoms with E-state index in [0.29, 0.717) is 0 Å². The maximum absolute atomic E-state index is 10.2. The number of hydrogen-bond donors (Lipinski definition) is 2. The summed E-state index contributed by atoms with van der Waals surface area (Å²) in [5, 5.41) is 0. The molecule has 0 rings (SSSR count). The summed E-state index contributed by atoms with van der Waals surface area (Å²) in [6.07, 6.45) is 0. The Morgan fingerprint density at radius 2 is 1.60 bits per heavy atom. The Kier molecular flexibility index (Phi) is 10.1. The van der Waals surface area contributed by atoms with Crippen LogP contribution in [0.5, 0.6) is 0 Å². The van der Waals surface area contributed by atoms with Crippen LogP contribution < -0.4 is 29.6 Å². The SMILES string of the molecule is OP(O)F.[H-].[Na+]. The molecular formula is H3FNaO2P. The molecule has 0 aliphatic carbocycles. The molecule has 0 aromatic rings. The number of halogens is 1. The Morgan fingerprint density at radius 3 is 1.60 bits per heavy atom. The molecule has 0 amide bonds. The standard InChI is InChI=1S/FH2O2P.Na.H/c1-4(2)3;;/h2-3H;;/q;+1;-1. The third kappa shape index (κ3) is 34.7. The Balaban J connectivity index is -0.0000000450. The molecule has 0 aromatic heterocycles. The molecule has 0 aliphatic rings. The Labute approximate surface area is 53.8 Å². The van der Waals surface area contributed by atoms with Gasteiger partial charge in [0.15, 0.2) is 0 Å². The van der Waals surface area contributed by atoms with E-state index in [1.165, 1.54) is 0 Å². The van der Waals surface area contributed by atoms with E-state index in [2.05, 4.69) is 0 Å². The van der Waals surface area contributed by atoms with Crippen molar-refractivity contribution < 1.29 is 45.0 Å². The van der Waals surface area contributed by atoms with Crippen LogP contribution >= 0.6 is 8.69 Å². The van der Waals surface area contributed by atoms with Gasteiger partial charge in [-0.2, -0.15) is 4.20 Å². The smallest absolute Gasteiger partial charge is 1.00 e. The van der Waals surface area contributed by atoms with Crippen LogP contribution in [0.25, 0.3) is 0 Å². The van der Waals surface area contributed by atoms with Crippen molar-refractivity contribution >= 4 is 8.69 Å². The monoisotopic (exact) mass is 108 g/mol. The normalized spacial score (nSPS) is 7.20. The molecule has 0 aromatic carbocycles. The van der Waals surface area contributed by atoms with E-state index in [4.69, 9.17) is 9.79 Å². The van der Waals surface area contributed by atoms with E-state index in [0.717, 1.165) is 0 Å². The van der Waals surface area contributed by atoms with E-state index in [-0.39, 0.29) is 31.0 Å². The zero-order chi connectivity index (χ0) is 3.58. The van der Waals surface area contributed by atoms with E-state index in [1.54, 1.807) is 0 Å². The molecule has 2 N–H and O–H groups in total. The first-order chi connectivity index (χ1) is 1.73. The van der Waals surface area contributed by atoms with Crippen LogP contribution in [0, 0.1) is 0 Å². The Bertz CT molecular complexity index is 18.3. The van der Waals surface area contributed by atoms with Crippen LogP contribution in [0.15, 0.2) is 0 Å². The fourth-order valence-corrected chi connectivity index (χ4v) is 0. The summed E-state index contributed by atoms with van der Waals surface area (Å²) in [6.45, 7) is 0. The third-order valence-corrected chi connectivity index (χ3v) is 0. The number of hydrogen-bond acceptors (Lipinski definition) is 2. The van der Waals surface area contributed by atoms with Crippen LogP contribution in [-0.4, -0.2) is 9.79 Å². The first-order valence-electron chi connectivity index (χ1n) is 0.569. The summed E-state index contributed by atoms with van der Waals surface area (Å²) in [5.74, 6) is 0. The van der Waals surface area contributed by atoms with E-state index >= 15 is 0 Å². The summed E-state index contributed by atoms with van der Waals surface area (Å²) in [5.41, 5.74) is 0. The largest absolute Gasteiger partial charge is 1.00 e. The summed E-state index contributed by atoms with van der Waals surface area (Å²) in [7, 11) is -3.12. The average Bonchev–Trinajstić information content (AvgIpc) is 0.811. The van der Waals surface area contributed by atoms with Crippen molar-refractivity contribution in [3.8, 4) is 0 Å². The molecule has 0 saturated carbocycles. The van der Waals surface area contributed by atoms with Gasteiger partial charge in [0.25, 0.3) is 0 Å². The molecule has 0 radical (unpaired) electrons. The van der Waals surface area contributed by atoms with Crippen molar-refractivity contribution in [3.05, 3.63) is 0 Å². The molecule has 5 heavy (non-hydrogen) atoms. The number of rotatable bonds is 0. The van der Waals surface area contributed by atoms with E-state index < -0.39 is 8.69 Å². The van der Waals surface area contributed by atoms with Crippen molar-refractivity contribution in [3.63, 3.8) is 0 Å². The minimum atomic E-state index is -3.12. The van der Waals surface area contributed by atoms with Gasteiger partial charge in [0.1, 0.15) is 0 Å². The fraction of sp³-hybridized carbons (Fsp3) is 0. The molecule has 0 spiro atoms. The predicted octanol–water partition coefficient (Wildman–Crippen LogP) is -2.72. The van der Waals surface area contributed by atoms with Crippen LogP contribution in [-0.2, 0) is 0 Å². The topological polar surface area (TPSA) is 40.5 Å². The molecule has 2 nitrogen and oxygen atoms in total. The van der Waals surface area contributed by atoms with Gasteiger partial charge in [0, 0.05) is 0 Å². The minimum Gasteiger partial charge on any atom is -1.00 e. The van der Waals surface area contributed by atoms with Crippen molar-refractivity contribution in [1.82, 2.24) is 0 Å². The van der Waals surface area contributed by atoms with Crippen molar-refractivity contribution in [2.24, 2.45) is 0 Å². The maximum atomic E-state index is 10.2. The molecule has 28 valence electrons. The van der Waals surface area contributed by atoms with Gasteiger partial charge in [0.2, 0.25) is 0 Å². The summed E-state index contributed by atoms with van der Waals surface area (Å²) >= 11 is 0. The third-order valence-electron chi connectivity index (χ3n) is 0. The van der Waals surface area contributed by atoms with E-state index in [9.17, 15) is 4.20 Å². The van der Waals surface area contributed by atoms with Gasteiger partial charge in [-0.3, -0.25) is 0 Å². The summed E-state index contributed by atoms with van der Waals surface area (Å²) in [6, 6.07) is 0. The Hall–Kier alpha value is 1.28. The molecule has 5 heteroatoms. The molecule has 0 aliphatic heterocycles. The van der Waals surface area contributed by atoms with Crippen LogP contribution in [0.2, 0.25) is 0 Å². The first kappa shape index (κ1) is 9.56. The molecular weight excluding hydrogens is 105 g/mol. The van der Waals surface area contributed by atoms with Gasteiger partial charge >= 0.3 is 38.2 Å². The zero-order valence-electron chi connectivity index (χ0n) is 3.72. The maximum Gasteiger partial charge on any atom is 1.00 e. The zero-order valence-corrected chi connectivity index (χ0v) is 5.61. The fourth-order valence-electron chi connectivity index (χ4n) is 0. The van der Waals surface area contributed by atoms with Gasteiger partial charge in [-0.05, 0) is 0 Å². The van der Waals surface area contributed by atoms with Crippen LogP contribution in [0.4, 0.5) is 4.20 Å². The van der Waals surface area contributed by atoms with E-state index in [1.807, 2.05) is 0 Å². The quantitative estimate of drug-likeness (QED) is 0.261. The Morgan fingerprint density at radius 1 is 1.60 bits per heavy atom. The second kappa shape index (κ2) is 5.28. The second-order valence-corrected chi connectivity index (χ2v) is 0.722. The predicted molar refractivity (Wildman–Crippen MR) is 13.6 cm³/mol. The van der Waals surface area contributed by atoms with Gasteiger partial charge in [-0.25, -0.2) is 0 Å². The van der Waals surface area contributed by atoms with Crippen LogP contribution in [0.3, 0.4) is 0 Å². The van der Waals surface area contributed by atoms with Crippen molar-refractivity contribution in [1.29, 1.82) is 0 Å². The molecule has 0 saturated heterocycles. The van der Waals surface area contributed by atoms with Crippen LogP contribution in [0.1, 0.15) is 1.43 Å². The van der Waals surface area contributed by atoms with Gasteiger partial charge in [-0.1, -0.05) is 0 Å². The summed E-state index contributed by atoms with van der Waals surface area (Å²) in [4.78, 5) is 14.0. The van der Waals surface area contributed by atoms with Gasteiger partial charge in [0.05, 0.1) is 0 Å². The minimum absolute atomic E-state index is 0. The summed E-state index contributed by atoms with van der Waals surface area (Å²) < 4.78 is 10.2. The van der Waals surface area contributed by atoms with Crippen molar-refractivity contribution in [2.75, 3.05) is 0 Å². The van der Waals surface area contributed by atoms with Gasteiger partial charge in [-0.15, -0.1) is 0 Å². The second-order valence-electron chi connectivity index (χ2n) is 0.241. The first-order valence-corrected chi connectivity index (χ1v) is 1.71. The molecule has 0 bridgehead atoms. The molecule has 0 fully saturated rings. The van der Waals surface area contributed by atoms with Gasteiger partial charge < -0.3 is 11.2 Å².